The van der Waals surface area contributed by atoms with Crippen molar-refractivity contribution < 1.29 is 13.2 Å². The zero-order chi connectivity index (χ0) is 14.9. The SMILES string of the molecule is Nc1cc2c(c(S(=O)(=O)Nc3ncccn3)c1)OCCC2. The van der Waals surface area contributed by atoms with Crippen LogP contribution in [0.3, 0.4) is 0 Å². The molecule has 1 aliphatic rings. The van der Waals surface area contributed by atoms with E-state index in [9.17, 15) is 8.42 Å². The minimum Gasteiger partial charge on any atom is -0.492 e. The standard InChI is InChI=1S/C13H14N4O3S/c14-10-7-9-3-1-6-20-12(9)11(8-10)21(18,19)17-13-15-4-2-5-16-13/h2,4-5,7-8H,1,3,6,14H2,(H,15,16,17). The van der Waals surface area contributed by atoms with E-state index in [0.29, 0.717) is 18.0 Å². The van der Waals surface area contributed by atoms with Crippen molar-refractivity contribution in [3.8, 4) is 5.75 Å². The Labute approximate surface area is 122 Å². The van der Waals surface area contributed by atoms with Gasteiger partial charge >= 0.3 is 0 Å². The Morgan fingerprint density at radius 1 is 1.24 bits per heavy atom. The summed E-state index contributed by atoms with van der Waals surface area (Å²) < 4.78 is 32.8. The number of nitrogens with two attached hydrogens (primary N) is 1. The lowest BCUT2D eigenvalue weighted by molar-refractivity contribution is 0.280. The zero-order valence-electron chi connectivity index (χ0n) is 11.1. The molecule has 0 fully saturated rings. The number of rotatable bonds is 3. The Hall–Kier alpha value is -2.35. The molecule has 2 aromatic rings. The third kappa shape index (κ3) is 2.75. The Balaban J connectivity index is 2.05. The van der Waals surface area contributed by atoms with Gasteiger partial charge in [-0.15, -0.1) is 0 Å². The lowest BCUT2D eigenvalue weighted by atomic mass is 10.1. The molecule has 0 radical (unpaired) electrons. The van der Waals surface area contributed by atoms with E-state index in [-0.39, 0.29) is 10.8 Å². The van der Waals surface area contributed by atoms with Gasteiger partial charge in [-0.05, 0) is 36.6 Å². The second-order valence-electron chi connectivity index (χ2n) is 4.64. The van der Waals surface area contributed by atoms with E-state index in [1.165, 1.54) is 18.5 Å². The molecule has 21 heavy (non-hydrogen) atoms. The molecule has 0 amide bonds. The van der Waals surface area contributed by atoms with Crippen molar-refractivity contribution in [3.05, 3.63) is 36.2 Å². The first-order chi connectivity index (χ1) is 10.1. The fourth-order valence-corrected chi connectivity index (χ4v) is 3.38. The molecule has 1 aromatic carbocycles. The average molecular weight is 306 g/mol. The van der Waals surface area contributed by atoms with Crippen LogP contribution in [-0.2, 0) is 16.4 Å². The molecule has 0 bridgehead atoms. The van der Waals surface area contributed by atoms with E-state index in [1.807, 2.05) is 0 Å². The molecular weight excluding hydrogens is 292 g/mol. The van der Waals surface area contributed by atoms with Crippen LogP contribution in [0.1, 0.15) is 12.0 Å². The van der Waals surface area contributed by atoms with Gasteiger partial charge in [0.1, 0.15) is 10.6 Å². The minimum atomic E-state index is -3.86. The number of hydrogen-bond donors (Lipinski definition) is 2. The van der Waals surface area contributed by atoms with Crippen molar-refractivity contribution in [2.24, 2.45) is 0 Å². The predicted molar refractivity (Wildman–Crippen MR) is 77.5 cm³/mol. The number of aromatic nitrogens is 2. The molecule has 8 heteroatoms. The van der Waals surface area contributed by atoms with E-state index in [0.717, 1.165) is 18.4 Å². The normalized spacial score (nSPS) is 14.1. The molecular formula is C13H14N4O3S. The van der Waals surface area contributed by atoms with E-state index in [4.69, 9.17) is 10.5 Å². The van der Waals surface area contributed by atoms with Crippen LogP contribution in [0.15, 0.2) is 35.5 Å². The minimum absolute atomic E-state index is 0.00415. The molecule has 3 N–H and O–H groups in total. The number of fused-ring (bicyclic) bond motifs is 1. The van der Waals surface area contributed by atoms with E-state index in [2.05, 4.69) is 14.7 Å². The van der Waals surface area contributed by atoms with Crippen LogP contribution >= 0.6 is 0 Å². The van der Waals surface area contributed by atoms with E-state index in [1.54, 1.807) is 12.1 Å². The predicted octanol–water partition coefficient (Wildman–Crippen LogP) is 1.18. The maximum Gasteiger partial charge on any atom is 0.268 e. The van der Waals surface area contributed by atoms with Gasteiger partial charge in [-0.1, -0.05) is 0 Å². The Morgan fingerprint density at radius 2 is 2.00 bits per heavy atom. The summed E-state index contributed by atoms with van der Waals surface area (Å²) >= 11 is 0. The number of anilines is 2. The van der Waals surface area contributed by atoms with Crippen molar-refractivity contribution in [3.63, 3.8) is 0 Å². The van der Waals surface area contributed by atoms with Crippen LogP contribution in [0.5, 0.6) is 5.75 Å². The molecule has 0 unspecified atom stereocenters. The lowest BCUT2D eigenvalue weighted by Crippen LogP contribution is -2.19. The van der Waals surface area contributed by atoms with Crippen molar-refractivity contribution in [2.45, 2.75) is 17.7 Å². The van der Waals surface area contributed by atoms with Crippen LogP contribution < -0.4 is 15.2 Å². The Morgan fingerprint density at radius 3 is 2.76 bits per heavy atom. The molecule has 0 spiro atoms. The van der Waals surface area contributed by atoms with Gasteiger partial charge in [0.25, 0.3) is 10.0 Å². The highest BCUT2D eigenvalue weighted by Gasteiger charge is 2.25. The summed E-state index contributed by atoms with van der Waals surface area (Å²) in [5.74, 6) is 0.364. The van der Waals surface area contributed by atoms with Gasteiger partial charge in [-0.25, -0.2) is 23.1 Å². The molecule has 0 aliphatic carbocycles. The second-order valence-corrected chi connectivity index (χ2v) is 6.29. The van der Waals surface area contributed by atoms with Crippen LogP contribution in [0.25, 0.3) is 0 Å². The van der Waals surface area contributed by atoms with Crippen LogP contribution in [-0.4, -0.2) is 25.0 Å². The highest BCUT2D eigenvalue weighted by Crippen LogP contribution is 2.35. The first-order valence-corrected chi connectivity index (χ1v) is 7.89. The van der Waals surface area contributed by atoms with Gasteiger partial charge in [0.05, 0.1) is 6.61 Å². The molecule has 3 rings (SSSR count). The van der Waals surface area contributed by atoms with Crippen LogP contribution in [0.2, 0.25) is 0 Å². The van der Waals surface area contributed by atoms with Gasteiger partial charge in [0, 0.05) is 18.1 Å². The summed E-state index contributed by atoms with van der Waals surface area (Å²) in [5, 5.41) is 0. The first kappa shape index (κ1) is 13.6. The van der Waals surface area contributed by atoms with Crippen molar-refractivity contribution >= 4 is 21.7 Å². The summed E-state index contributed by atoms with van der Waals surface area (Å²) in [5.41, 5.74) is 6.98. The fourth-order valence-electron chi connectivity index (χ4n) is 2.20. The molecule has 0 saturated heterocycles. The third-order valence-electron chi connectivity index (χ3n) is 3.07. The largest absolute Gasteiger partial charge is 0.492 e. The highest BCUT2D eigenvalue weighted by atomic mass is 32.2. The number of hydrogen-bond acceptors (Lipinski definition) is 6. The van der Waals surface area contributed by atoms with Gasteiger partial charge in [-0.3, -0.25) is 0 Å². The summed E-state index contributed by atoms with van der Waals surface area (Å²) in [6, 6.07) is 4.73. The lowest BCUT2D eigenvalue weighted by Gasteiger charge is -2.21. The maximum atomic E-state index is 12.5. The number of aryl methyl sites for hydroxylation is 1. The second kappa shape index (κ2) is 5.21. The number of sulfonamides is 1. The summed E-state index contributed by atoms with van der Waals surface area (Å²) in [7, 11) is -3.86. The average Bonchev–Trinajstić information content (AvgIpc) is 2.47. The fraction of sp³-hybridized carbons (Fsp3) is 0.231. The van der Waals surface area contributed by atoms with Crippen LogP contribution in [0.4, 0.5) is 11.6 Å². The maximum absolute atomic E-state index is 12.5. The molecule has 1 aliphatic heterocycles. The smallest absolute Gasteiger partial charge is 0.268 e. The molecule has 0 atom stereocenters. The van der Waals surface area contributed by atoms with Crippen molar-refractivity contribution in [1.82, 2.24) is 9.97 Å². The van der Waals surface area contributed by atoms with E-state index >= 15 is 0 Å². The van der Waals surface area contributed by atoms with Crippen molar-refractivity contribution in [1.29, 1.82) is 0 Å². The first-order valence-electron chi connectivity index (χ1n) is 6.41. The van der Waals surface area contributed by atoms with Gasteiger partial charge in [0.15, 0.2) is 0 Å². The number of nitrogens with one attached hydrogen (secondary N) is 1. The topological polar surface area (TPSA) is 107 Å². The van der Waals surface area contributed by atoms with Gasteiger partial charge in [-0.2, -0.15) is 0 Å². The number of nitrogen functional groups attached to an aromatic ring is 1. The monoisotopic (exact) mass is 306 g/mol. The summed E-state index contributed by atoms with van der Waals surface area (Å²) in [6.45, 7) is 0.487. The molecule has 110 valence electrons. The third-order valence-corrected chi connectivity index (χ3v) is 4.41. The van der Waals surface area contributed by atoms with Gasteiger partial charge < -0.3 is 10.5 Å². The Bertz CT molecular complexity index is 762. The number of benzene rings is 1. The molecule has 2 heterocycles. The molecule has 1 aromatic heterocycles. The van der Waals surface area contributed by atoms with Gasteiger partial charge in [0.2, 0.25) is 5.95 Å². The quantitative estimate of drug-likeness (QED) is 0.825. The number of nitrogens with zero attached hydrogens (tertiary/aromatic N) is 2. The Kier molecular flexibility index (Phi) is 3.38. The number of ether oxygens (including phenoxy) is 1. The molecule has 7 nitrogen and oxygen atoms in total. The van der Waals surface area contributed by atoms with Crippen molar-refractivity contribution in [2.75, 3.05) is 17.1 Å². The van der Waals surface area contributed by atoms with Crippen LogP contribution in [0, 0.1) is 0 Å². The summed E-state index contributed by atoms with van der Waals surface area (Å²) in [4.78, 5) is 7.72. The highest BCUT2D eigenvalue weighted by molar-refractivity contribution is 7.92. The summed E-state index contributed by atoms with van der Waals surface area (Å²) in [6.07, 6.45) is 4.49. The molecule has 0 saturated carbocycles. The van der Waals surface area contributed by atoms with E-state index < -0.39 is 10.0 Å². The zero-order valence-corrected chi connectivity index (χ0v) is 11.9.